The number of carbonyl (C=O) groups is 1. The van der Waals surface area contributed by atoms with Crippen molar-refractivity contribution in [3.05, 3.63) is 47.2 Å². The Morgan fingerprint density at radius 2 is 1.74 bits per heavy atom. The Kier molecular flexibility index (Phi) is 10.4. The molecule has 42 heavy (non-hydrogen) atoms. The van der Waals surface area contributed by atoms with Crippen molar-refractivity contribution in [3.63, 3.8) is 0 Å². The lowest BCUT2D eigenvalue weighted by molar-refractivity contribution is -0.169. The van der Waals surface area contributed by atoms with Crippen LogP contribution in [-0.4, -0.2) is 54.4 Å². The molecule has 2 aliphatic carbocycles. The van der Waals surface area contributed by atoms with E-state index in [2.05, 4.69) is 37.1 Å². The number of benzene rings is 1. The van der Waals surface area contributed by atoms with Crippen molar-refractivity contribution in [2.75, 3.05) is 20.7 Å². The summed E-state index contributed by atoms with van der Waals surface area (Å²) in [5.74, 6) is 1.75. The molecule has 0 radical (unpaired) electrons. The number of piperidine rings is 1. The molecule has 4 atom stereocenters. The standard InChI is InChI=1S/C36H53NO5/c1-4-5-6-7-8-9-10-11-12-13-14-15-16-17-18-19-31(38)41-29-22-23-36(39)30-26-27-20-21-28(40-3)33-32(27)35(36,34(29)42-33)24-25-37(30)2/h11-12,20-22,30,34,39H,4-10,13-19,23-26H2,1-3H3/b12-11-/t30-,34-,35-,36+/m0/s1. The molecule has 1 aromatic rings. The summed E-state index contributed by atoms with van der Waals surface area (Å²) in [7, 11) is 3.75. The van der Waals surface area contributed by atoms with Gasteiger partial charge >= 0.3 is 5.97 Å². The van der Waals surface area contributed by atoms with E-state index in [4.69, 9.17) is 14.2 Å². The molecular weight excluding hydrogens is 526 g/mol. The summed E-state index contributed by atoms with van der Waals surface area (Å²) < 4.78 is 18.3. The quantitative estimate of drug-likeness (QED) is 0.117. The second-order valence-corrected chi connectivity index (χ2v) is 13.1. The van der Waals surface area contributed by atoms with Crippen LogP contribution in [0, 0.1) is 0 Å². The lowest BCUT2D eigenvalue weighted by Gasteiger charge is -2.61. The van der Waals surface area contributed by atoms with Crippen molar-refractivity contribution >= 4 is 5.97 Å². The van der Waals surface area contributed by atoms with Gasteiger partial charge in [-0.25, -0.2) is 0 Å². The first kappa shape index (κ1) is 31.1. The zero-order valence-electron chi connectivity index (χ0n) is 26.3. The minimum Gasteiger partial charge on any atom is -0.493 e. The molecule has 1 N–H and O–H groups in total. The Morgan fingerprint density at radius 1 is 1.05 bits per heavy atom. The maximum Gasteiger partial charge on any atom is 0.310 e. The van der Waals surface area contributed by atoms with E-state index >= 15 is 0 Å². The second kappa shape index (κ2) is 14.0. The highest BCUT2D eigenvalue weighted by molar-refractivity contribution is 5.72. The lowest BCUT2D eigenvalue weighted by Crippen LogP contribution is -2.74. The number of likely N-dealkylation sites (N-methyl/N-ethyl adjacent to an activating group) is 1. The van der Waals surface area contributed by atoms with E-state index in [0.717, 1.165) is 50.6 Å². The van der Waals surface area contributed by atoms with Crippen LogP contribution in [0.2, 0.25) is 0 Å². The number of nitrogens with zero attached hydrogens (tertiary/aromatic N) is 1. The number of hydrogen-bond acceptors (Lipinski definition) is 6. The first-order valence-electron chi connectivity index (χ1n) is 16.8. The molecule has 1 aromatic carbocycles. The molecule has 2 bridgehead atoms. The molecule has 1 spiro atoms. The highest BCUT2D eigenvalue weighted by Crippen LogP contribution is 2.65. The van der Waals surface area contributed by atoms with Gasteiger partial charge in [0.25, 0.3) is 0 Å². The molecule has 2 heterocycles. The molecule has 0 aromatic heterocycles. The third-order valence-corrected chi connectivity index (χ3v) is 10.4. The Balaban J connectivity index is 1.07. The molecule has 1 saturated heterocycles. The average Bonchev–Trinajstić information content (AvgIpc) is 3.34. The zero-order valence-corrected chi connectivity index (χ0v) is 26.3. The van der Waals surface area contributed by atoms with Crippen LogP contribution < -0.4 is 9.47 Å². The molecule has 1 fully saturated rings. The van der Waals surface area contributed by atoms with Crippen LogP contribution >= 0.6 is 0 Å². The fourth-order valence-electron chi connectivity index (χ4n) is 8.11. The van der Waals surface area contributed by atoms with Crippen LogP contribution in [0.5, 0.6) is 11.5 Å². The molecule has 6 heteroatoms. The topological polar surface area (TPSA) is 68.2 Å². The number of hydrogen-bond donors (Lipinski definition) is 1. The highest BCUT2D eigenvalue weighted by Gasteiger charge is 2.72. The Labute approximate surface area is 253 Å². The van der Waals surface area contributed by atoms with Crippen LogP contribution in [0.4, 0.5) is 0 Å². The molecule has 0 saturated carbocycles. The Morgan fingerprint density at radius 3 is 2.45 bits per heavy atom. The second-order valence-electron chi connectivity index (χ2n) is 13.1. The van der Waals surface area contributed by atoms with Crippen molar-refractivity contribution in [1.82, 2.24) is 4.90 Å². The molecule has 6 nitrogen and oxygen atoms in total. The first-order valence-corrected chi connectivity index (χ1v) is 16.8. The van der Waals surface area contributed by atoms with E-state index in [0.29, 0.717) is 30.1 Å². The van der Waals surface area contributed by atoms with E-state index in [1.807, 2.05) is 12.1 Å². The number of aliphatic hydroxyl groups is 1. The summed E-state index contributed by atoms with van der Waals surface area (Å²) in [5.41, 5.74) is 0.664. The summed E-state index contributed by atoms with van der Waals surface area (Å²) in [5, 5.41) is 12.3. The molecule has 232 valence electrons. The predicted molar refractivity (Wildman–Crippen MR) is 167 cm³/mol. The van der Waals surface area contributed by atoms with Crippen molar-refractivity contribution in [3.8, 4) is 11.5 Å². The van der Waals surface area contributed by atoms with Gasteiger partial charge < -0.3 is 24.2 Å². The summed E-state index contributed by atoms with van der Waals surface area (Å²) in [4.78, 5) is 15.3. The van der Waals surface area contributed by atoms with E-state index in [-0.39, 0.29) is 12.0 Å². The molecule has 5 rings (SSSR count). The van der Waals surface area contributed by atoms with Crippen LogP contribution in [0.1, 0.15) is 121 Å². The van der Waals surface area contributed by atoms with Gasteiger partial charge in [0.05, 0.1) is 18.1 Å². The molecule has 4 aliphatic rings. The number of allylic oxidation sites excluding steroid dienone is 2. The predicted octanol–water partition coefficient (Wildman–Crippen LogP) is 7.55. The molecule has 0 amide bonds. The zero-order chi connectivity index (χ0) is 29.6. The first-order chi connectivity index (χ1) is 20.5. The number of esters is 1. The van der Waals surface area contributed by atoms with Gasteiger partial charge in [0, 0.05) is 24.4 Å². The van der Waals surface area contributed by atoms with Crippen LogP contribution in [-0.2, 0) is 21.4 Å². The third kappa shape index (κ3) is 5.91. The van der Waals surface area contributed by atoms with Gasteiger partial charge in [-0.15, -0.1) is 0 Å². The summed E-state index contributed by atoms with van der Waals surface area (Å²) in [6.45, 7) is 3.13. The minimum atomic E-state index is -0.978. The van der Waals surface area contributed by atoms with Crippen molar-refractivity contribution in [1.29, 1.82) is 0 Å². The summed E-state index contributed by atoms with van der Waals surface area (Å²) in [6, 6.07) is 4.08. The van der Waals surface area contributed by atoms with Crippen LogP contribution in [0.3, 0.4) is 0 Å². The Bertz CT molecular complexity index is 1140. The Hall–Kier alpha value is -2.31. The minimum absolute atomic E-state index is 0.00601. The van der Waals surface area contributed by atoms with Gasteiger partial charge in [0.1, 0.15) is 5.76 Å². The van der Waals surface area contributed by atoms with E-state index < -0.39 is 17.1 Å². The van der Waals surface area contributed by atoms with E-state index in [1.165, 1.54) is 63.4 Å². The number of carbonyl (C=O) groups excluding carboxylic acids is 1. The molecule has 2 aliphatic heterocycles. The van der Waals surface area contributed by atoms with Gasteiger partial charge in [0.2, 0.25) is 0 Å². The number of methoxy groups -OCH3 is 1. The van der Waals surface area contributed by atoms with Crippen molar-refractivity contribution < 1.29 is 24.1 Å². The van der Waals surface area contributed by atoms with E-state index in [1.54, 1.807) is 7.11 Å². The van der Waals surface area contributed by atoms with Gasteiger partial charge in [0.15, 0.2) is 17.6 Å². The fourth-order valence-corrected chi connectivity index (χ4v) is 8.11. The van der Waals surface area contributed by atoms with Crippen molar-refractivity contribution in [2.24, 2.45) is 0 Å². The van der Waals surface area contributed by atoms with Crippen LogP contribution in [0.15, 0.2) is 36.1 Å². The number of unbranched alkanes of at least 4 members (excludes halogenated alkanes) is 11. The largest absolute Gasteiger partial charge is 0.493 e. The summed E-state index contributed by atoms with van der Waals surface area (Å²) in [6.07, 6.45) is 24.5. The van der Waals surface area contributed by atoms with Crippen LogP contribution in [0.25, 0.3) is 0 Å². The maximum atomic E-state index is 13.0. The monoisotopic (exact) mass is 579 g/mol. The molecular formula is C36H53NO5. The van der Waals surface area contributed by atoms with Gasteiger partial charge in [-0.2, -0.15) is 0 Å². The number of rotatable bonds is 17. The average molecular weight is 580 g/mol. The summed E-state index contributed by atoms with van der Waals surface area (Å²) >= 11 is 0. The normalized spacial score (nSPS) is 27.5. The van der Waals surface area contributed by atoms with E-state index in [9.17, 15) is 9.90 Å². The van der Waals surface area contributed by atoms with Gasteiger partial charge in [-0.3, -0.25) is 4.79 Å². The van der Waals surface area contributed by atoms with Crippen molar-refractivity contribution in [2.45, 2.75) is 139 Å². The number of ether oxygens (including phenoxy) is 3. The fraction of sp³-hybridized carbons (Fsp3) is 0.694. The third-order valence-electron chi connectivity index (χ3n) is 10.4. The van der Waals surface area contributed by atoms with Gasteiger partial charge in [-0.05, 0) is 76.2 Å². The molecule has 0 unspecified atom stereocenters. The smallest absolute Gasteiger partial charge is 0.310 e. The SMILES string of the molecule is CCCCCCCC/C=C\CCCCCCCC(=O)OC1=CC[C@@]2(O)[C@@H]3Cc4ccc(OC)c5c4[C@@]2(CCN3C)[C@H]1O5. The number of likely N-dealkylation sites (tertiary alicyclic amines) is 1. The van der Waals surface area contributed by atoms with Gasteiger partial charge in [-0.1, -0.05) is 76.5 Å². The lowest BCUT2D eigenvalue weighted by atomic mass is 9.50. The maximum absolute atomic E-state index is 13.0. The highest BCUT2D eigenvalue weighted by atomic mass is 16.6.